The van der Waals surface area contributed by atoms with Crippen LogP contribution >= 0.6 is 0 Å². The number of esters is 2. The molecule has 0 bridgehead atoms. The van der Waals surface area contributed by atoms with E-state index in [1.54, 1.807) is 19.1 Å². The van der Waals surface area contributed by atoms with Gasteiger partial charge in [0.05, 0.1) is 16.7 Å². The van der Waals surface area contributed by atoms with Gasteiger partial charge < -0.3 is 9.47 Å². The molecule has 10 nitrogen and oxygen atoms in total. The standard InChI is InChI=1S/C24H38O10S2/c1-8-19(13-21(24(5,6)7)23(26)33-17(3)15-32-35(27)28)22(25)31-14-18(4)34-36(29,30)20-11-9-16(2)10-12-20/h9-12,17-19,21,35H,8,13-15H2,1-7H3. The van der Waals surface area contributed by atoms with Crippen LogP contribution in [-0.2, 0) is 48.5 Å². The third kappa shape index (κ3) is 10.9. The van der Waals surface area contributed by atoms with Gasteiger partial charge in [0.25, 0.3) is 21.1 Å². The summed E-state index contributed by atoms with van der Waals surface area (Å²) in [5.41, 5.74) is 0.342. The van der Waals surface area contributed by atoms with Crippen molar-refractivity contribution in [3.05, 3.63) is 29.8 Å². The molecule has 0 saturated carbocycles. The van der Waals surface area contributed by atoms with Gasteiger partial charge in [-0.15, -0.1) is 0 Å². The first kappa shape index (κ1) is 32.0. The lowest BCUT2D eigenvalue weighted by atomic mass is 9.75. The lowest BCUT2D eigenvalue weighted by Crippen LogP contribution is -2.36. The number of rotatable bonds is 14. The molecular weight excluding hydrogens is 512 g/mol. The first-order chi connectivity index (χ1) is 16.6. The summed E-state index contributed by atoms with van der Waals surface area (Å²) in [6.07, 6.45) is -1.20. The van der Waals surface area contributed by atoms with Crippen LogP contribution in [0.1, 0.15) is 59.9 Å². The van der Waals surface area contributed by atoms with Crippen LogP contribution in [0.25, 0.3) is 0 Å². The Hall–Kier alpha value is -2.02. The van der Waals surface area contributed by atoms with E-state index < -0.39 is 62.5 Å². The molecule has 36 heavy (non-hydrogen) atoms. The summed E-state index contributed by atoms with van der Waals surface area (Å²) in [5.74, 6) is -2.49. The zero-order valence-corrected chi connectivity index (χ0v) is 23.6. The molecule has 0 fully saturated rings. The van der Waals surface area contributed by atoms with Crippen molar-refractivity contribution in [2.75, 3.05) is 13.2 Å². The normalized spacial score (nSPS) is 15.7. The van der Waals surface area contributed by atoms with E-state index in [2.05, 4.69) is 4.18 Å². The van der Waals surface area contributed by atoms with E-state index in [0.29, 0.717) is 6.42 Å². The topological polar surface area (TPSA) is 139 Å². The van der Waals surface area contributed by atoms with Crippen LogP contribution in [0.3, 0.4) is 0 Å². The third-order valence-corrected chi connectivity index (χ3v) is 7.26. The van der Waals surface area contributed by atoms with Crippen LogP contribution in [0.2, 0.25) is 0 Å². The Labute approximate surface area is 215 Å². The van der Waals surface area contributed by atoms with E-state index in [4.69, 9.17) is 13.7 Å². The molecule has 0 aromatic heterocycles. The highest BCUT2D eigenvalue weighted by Gasteiger charge is 2.37. The van der Waals surface area contributed by atoms with Crippen molar-refractivity contribution >= 4 is 33.0 Å². The van der Waals surface area contributed by atoms with Gasteiger partial charge in [0, 0.05) is 0 Å². The predicted octanol–water partition coefficient (Wildman–Crippen LogP) is 3.19. The zero-order valence-electron chi connectivity index (χ0n) is 21.9. The number of carbonyl (C=O) groups is 2. The number of aryl methyl sites for hydroxylation is 1. The maximum absolute atomic E-state index is 12.8. The summed E-state index contributed by atoms with van der Waals surface area (Å²) < 4.78 is 66.4. The average Bonchev–Trinajstić information content (AvgIpc) is 2.75. The number of ether oxygens (including phenoxy) is 2. The quantitative estimate of drug-likeness (QED) is 0.209. The summed E-state index contributed by atoms with van der Waals surface area (Å²) in [7, 11) is -7.08. The van der Waals surface area contributed by atoms with Crippen LogP contribution < -0.4 is 0 Å². The Morgan fingerprint density at radius 1 is 0.972 bits per heavy atom. The molecule has 0 radical (unpaired) electrons. The van der Waals surface area contributed by atoms with Gasteiger partial charge in [-0.25, -0.2) is 8.42 Å². The lowest BCUT2D eigenvalue weighted by Gasteiger charge is -2.32. The maximum Gasteiger partial charge on any atom is 0.309 e. The second-order valence-electron chi connectivity index (χ2n) is 9.83. The van der Waals surface area contributed by atoms with E-state index in [1.165, 1.54) is 26.0 Å². The predicted molar refractivity (Wildman–Crippen MR) is 133 cm³/mol. The second-order valence-corrected chi connectivity index (χ2v) is 12.1. The van der Waals surface area contributed by atoms with Gasteiger partial charge in [-0.2, -0.15) is 8.42 Å². The molecule has 0 heterocycles. The van der Waals surface area contributed by atoms with Crippen molar-refractivity contribution in [1.82, 2.24) is 0 Å². The first-order valence-electron chi connectivity index (χ1n) is 11.7. The van der Waals surface area contributed by atoms with Gasteiger partial charge in [0.1, 0.15) is 25.4 Å². The van der Waals surface area contributed by atoms with Crippen LogP contribution in [0.4, 0.5) is 0 Å². The van der Waals surface area contributed by atoms with Crippen molar-refractivity contribution in [3.63, 3.8) is 0 Å². The van der Waals surface area contributed by atoms with Gasteiger partial charge in [-0.1, -0.05) is 45.4 Å². The maximum atomic E-state index is 12.8. The van der Waals surface area contributed by atoms with Gasteiger partial charge in [-0.05, 0) is 51.2 Å². The molecule has 1 aromatic carbocycles. The minimum absolute atomic E-state index is 0.00555. The smallest absolute Gasteiger partial charge is 0.309 e. The van der Waals surface area contributed by atoms with Crippen molar-refractivity contribution in [2.24, 2.45) is 17.3 Å². The Bertz CT molecular complexity index is 1030. The fourth-order valence-electron chi connectivity index (χ4n) is 3.32. The molecule has 4 atom stereocenters. The number of benzene rings is 1. The SMILES string of the molecule is CCC(CC(C(=O)OC(C)CO[SH](=O)=O)C(C)(C)C)C(=O)OCC(C)OS(=O)(=O)c1ccc(C)cc1. The van der Waals surface area contributed by atoms with Crippen LogP contribution in [0.5, 0.6) is 0 Å². The van der Waals surface area contributed by atoms with Crippen molar-refractivity contribution < 1.29 is 44.3 Å². The van der Waals surface area contributed by atoms with Crippen LogP contribution in [0.15, 0.2) is 29.2 Å². The number of hydrogen-bond donors (Lipinski definition) is 1. The summed E-state index contributed by atoms with van der Waals surface area (Å²) >= 11 is 0. The van der Waals surface area contributed by atoms with E-state index in [9.17, 15) is 26.4 Å². The summed E-state index contributed by atoms with van der Waals surface area (Å²) in [6, 6.07) is 6.19. The van der Waals surface area contributed by atoms with E-state index in [0.717, 1.165) is 5.56 Å². The van der Waals surface area contributed by atoms with Crippen molar-refractivity contribution in [2.45, 2.75) is 78.4 Å². The molecule has 1 rings (SSSR count). The molecule has 0 aliphatic rings. The van der Waals surface area contributed by atoms with Crippen LogP contribution in [0, 0.1) is 24.2 Å². The molecule has 0 spiro atoms. The monoisotopic (exact) mass is 550 g/mol. The molecule has 0 amide bonds. The third-order valence-electron chi connectivity index (χ3n) is 5.47. The summed E-state index contributed by atoms with van der Waals surface area (Å²) in [6.45, 7) is 11.5. The first-order valence-corrected chi connectivity index (χ1v) is 14.2. The van der Waals surface area contributed by atoms with E-state index in [1.807, 2.05) is 27.7 Å². The Morgan fingerprint density at radius 2 is 1.56 bits per heavy atom. The molecule has 0 N–H and O–H groups in total. The number of hydrogen-bond acceptors (Lipinski definition) is 10. The Morgan fingerprint density at radius 3 is 2.06 bits per heavy atom. The van der Waals surface area contributed by atoms with Crippen molar-refractivity contribution in [1.29, 1.82) is 0 Å². The molecule has 206 valence electrons. The summed E-state index contributed by atoms with van der Waals surface area (Å²) in [4.78, 5) is 25.6. The molecule has 0 aliphatic carbocycles. The fraction of sp³-hybridized carbons (Fsp3) is 0.667. The Balaban J connectivity index is 2.77. The minimum Gasteiger partial charge on any atom is -0.463 e. The molecule has 0 aliphatic heterocycles. The van der Waals surface area contributed by atoms with Gasteiger partial charge in [-0.3, -0.25) is 18.0 Å². The molecular formula is C24H38O10S2. The average molecular weight is 551 g/mol. The van der Waals surface area contributed by atoms with E-state index >= 15 is 0 Å². The zero-order chi connectivity index (χ0) is 27.7. The van der Waals surface area contributed by atoms with Gasteiger partial charge in [0.15, 0.2) is 0 Å². The number of thiol groups is 1. The minimum atomic E-state index is -4.02. The largest absolute Gasteiger partial charge is 0.463 e. The van der Waals surface area contributed by atoms with Crippen LogP contribution in [-0.4, -0.2) is 54.2 Å². The second kappa shape index (κ2) is 14.1. The van der Waals surface area contributed by atoms with Gasteiger partial charge >= 0.3 is 11.9 Å². The van der Waals surface area contributed by atoms with Crippen molar-refractivity contribution in [3.8, 4) is 0 Å². The highest BCUT2D eigenvalue weighted by atomic mass is 32.2. The van der Waals surface area contributed by atoms with E-state index in [-0.39, 0.29) is 24.5 Å². The molecule has 1 aromatic rings. The fourth-order valence-corrected chi connectivity index (χ4v) is 4.72. The highest BCUT2D eigenvalue weighted by molar-refractivity contribution is 7.86. The lowest BCUT2D eigenvalue weighted by molar-refractivity contribution is -0.161. The van der Waals surface area contributed by atoms with Gasteiger partial charge in [0.2, 0.25) is 0 Å². The molecule has 12 heteroatoms. The molecule has 4 unspecified atom stereocenters. The summed E-state index contributed by atoms with van der Waals surface area (Å²) in [5, 5.41) is 0. The Kier molecular flexibility index (Phi) is 12.5. The highest BCUT2D eigenvalue weighted by Crippen LogP contribution is 2.34. The number of carbonyl (C=O) groups excluding carboxylic acids is 2. The molecule has 0 saturated heterocycles.